The molecule has 0 fully saturated rings. The third-order valence-electron chi connectivity index (χ3n) is 3.05. The predicted molar refractivity (Wildman–Crippen MR) is 88.8 cm³/mol. The Balaban J connectivity index is 2.54. The Kier molecular flexibility index (Phi) is 7.79. The van der Waals surface area contributed by atoms with Gasteiger partial charge in [-0.3, -0.25) is 0 Å². The fraction of sp³-hybridized carbons (Fsp3) is 0.588. The Labute approximate surface area is 136 Å². The molecule has 0 bridgehead atoms. The van der Waals surface area contributed by atoms with Crippen LogP contribution in [0.25, 0.3) is 0 Å². The van der Waals surface area contributed by atoms with Crippen LogP contribution in [0.1, 0.15) is 50.9 Å². The number of carbonyl (C=O) groups is 1. The van der Waals surface area contributed by atoms with E-state index in [0.717, 1.165) is 23.1 Å². The monoisotopic (exact) mass is 356 g/mol. The Bertz CT molecular complexity index is 455. The minimum absolute atomic E-state index is 0.287. The number of esters is 1. The molecule has 0 unspecified atom stereocenters. The van der Waals surface area contributed by atoms with Crippen LogP contribution in [0.5, 0.6) is 5.75 Å². The van der Waals surface area contributed by atoms with E-state index in [1.165, 1.54) is 0 Å². The highest BCUT2D eigenvalue weighted by molar-refractivity contribution is 9.10. The van der Waals surface area contributed by atoms with Crippen molar-refractivity contribution in [3.63, 3.8) is 0 Å². The second kappa shape index (κ2) is 9.08. The minimum atomic E-state index is -0.287. The second-order valence-corrected chi connectivity index (χ2v) is 6.85. The van der Waals surface area contributed by atoms with Crippen molar-refractivity contribution in [2.24, 2.45) is 11.8 Å². The molecule has 0 aliphatic rings. The number of hydrogen-bond acceptors (Lipinski definition) is 3. The van der Waals surface area contributed by atoms with Gasteiger partial charge in [0.25, 0.3) is 0 Å². The highest BCUT2D eigenvalue weighted by Gasteiger charge is 2.11. The van der Waals surface area contributed by atoms with E-state index in [0.29, 0.717) is 30.6 Å². The van der Waals surface area contributed by atoms with E-state index in [1.54, 1.807) is 12.1 Å². The summed E-state index contributed by atoms with van der Waals surface area (Å²) in [7, 11) is 0. The van der Waals surface area contributed by atoms with Crippen molar-refractivity contribution >= 4 is 21.9 Å². The summed E-state index contributed by atoms with van der Waals surface area (Å²) in [6.45, 7) is 9.67. The van der Waals surface area contributed by atoms with Crippen LogP contribution in [0.3, 0.4) is 0 Å². The van der Waals surface area contributed by atoms with Crippen molar-refractivity contribution < 1.29 is 14.3 Å². The average molecular weight is 357 g/mol. The molecule has 0 atom stereocenters. The van der Waals surface area contributed by atoms with Crippen LogP contribution in [-0.2, 0) is 4.74 Å². The molecule has 4 heteroatoms. The van der Waals surface area contributed by atoms with E-state index in [9.17, 15) is 4.79 Å². The third-order valence-corrected chi connectivity index (χ3v) is 3.67. The van der Waals surface area contributed by atoms with Gasteiger partial charge in [0.1, 0.15) is 5.75 Å². The van der Waals surface area contributed by atoms with Gasteiger partial charge in [0.05, 0.1) is 23.2 Å². The molecule has 118 valence electrons. The van der Waals surface area contributed by atoms with E-state index in [2.05, 4.69) is 43.6 Å². The number of ether oxygens (including phenoxy) is 2. The molecular formula is C17H25BrO3. The van der Waals surface area contributed by atoms with Crippen LogP contribution in [-0.4, -0.2) is 19.2 Å². The summed E-state index contributed by atoms with van der Waals surface area (Å²) in [6.07, 6.45) is 1.88. The first-order valence-corrected chi connectivity index (χ1v) is 8.29. The molecule has 0 spiro atoms. The van der Waals surface area contributed by atoms with Gasteiger partial charge < -0.3 is 9.47 Å². The Hall–Kier alpha value is -1.03. The predicted octanol–water partition coefficient (Wildman–Crippen LogP) is 5.08. The second-order valence-electron chi connectivity index (χ2n) is 5.99. The lowest BCUT2D eigenvalue weighted by molar-refractivity contribution is 0.0488. The zero-order valence-electron chi connectivity index (χ0n) is 13.3. The molecule has 0 N–H and O–H groups in total. The summed E-state index contributed by atoms with van der Waals surface area (Å²) in [5.41, 5.74) is 0.543. The van der Waals surface area contributed by atoms with Crippen molar-refractivity contribution in [3.05, 3.63) is 28.2 Å². The molecule has 21 heavy (non-hydrogen) atoms. The van der Waals surface area contributed by atoms with Crippen molar-refractivity contribution in [1.29, 1.82) is 0 Å². The van der Waals surface area contributed by atoms with Crippen molar-refractivity contribution in [3.8, 4) is 5.75 Å². The van der Waals surface area contributed by atoms with Gasteiger partial charge in [-0.2, -0.15) is 0 Å². The van der Waals surface area contributed by atoms with Gasteiger partial charge in [-0.05, 0) is 58.8 Å². The fourth-order valence-corrected chi connectivity index (χ4v) is 2.11. The lowest BCUT2D eigenvalue weighted by Crippen LogP contribution is -2.08. The molecule has 0 saturated heterocycles. The van der Waals surface area contributed by atoms with Gasteiger partial charge >= 0.3 is 5.97 Å². The van der Waals surface area contributed by atoms with Crippen LogP contribution >= 0.6 is 15.9 Å². The van der Waals surface area contributed by atoms with Gasteiger partial charge in [-0.25, -0.2) is 4.79 Å². The van der Waals surface area contributed by atoms with Gasteiger partial charge in [-0.1, -0.05) is 27.7 Å². The summed E-state index contributed by atoms with van der Waals surface area (Å²) in [6, 6.07) is 5.30. The average Bonchev–Trinajstić information content (AvgIpc) is 2.39. The maximum atomic E-state index is 11.9. The lowest BCUT2D eigenvalue weighted by Gasteiger charge is -2.11. The third kappa shape index (κ3) is 6.98. The molecular weight excluding hydrogens is 332 g/mol. The molecule has 1 aromatic carbocycles. The normalized spacial score (nSPS) is 11.0. The molecule has 0 amide bonds. The quantitative estimate of drug-likeness (QED) is 0.609. The minimum Gasteiger partial charge on any atom is -0.492 e. The number of rotatable bonds is 8. The topological polar surface area (TPSA) is 35.5 Å². The maximum Gasteiger partial charge on any atom is 0.338 e. The molecule has 0 saturated carbocycles. The number of hydrogen-bond donors (Lipinski definition) is 0. The first kappa shape index (κ1) is 18.0. The largest absolute Gasteiger partial charge is 0.492 e. The summed E-state index contributed by atoms with van der Waals surface area (Å²) in [4.78, 5) is 11.9. The molecule has 1 rings (SSSR count). The van der Waals surface area contributed by atoms with E-state index in [4.69, 9.17) is 9.47 Å². The van der Waals surface area contributed by atoms with E-state index in [-0.39, 0.29) is 5.97 Å². The Morgan fingerprint density at radius 3 is 2.29 bits per heavy atom. The SMILES string of the molecule is CC(C)CCOC(=O)c1ccc(OCCC(C)C)c(Br)c1. The lowest BCUT2D eigenvalue weighted by atomic mass is 10.1. The van der Waals surface area contributed by atoms with Gasteiger partial charge in [0, 0.05) is 0 Å². The summed E-state index contributed by atoms with van der Waals surface area (Å²) in [5.74, 6) is 1.61. The molecule has 0 heterocycles. The fourth-order valence-electron chi connectivity index (χ4n) is 1.62. The van der Waals surface area contributed by atoms with Crippen molar-refractivity contribution in [2.45, 2.75) is 40.5 Å². The summed E-state index contributed by atoms with van der Waals surface area (Å²) >= 11 is 3.44. The first-order chi connectivity index (χ1) is 9.90. The van der Waals surface area contributed by atoms with Gasteiger partial charge in [0.2, 0.25) is 0 Å². The maximum absolute atomic E-state index is 11.9. The van der Waals surface area contributed by atoms with Gasteiger partial charge in [-0.15, -0.1) is 0 Å². The van der Waals surface area contributed by atoms with Crippen LogP contribution in [0.2, 0.25) is 0 Å². The highest BCUT2D eigenvalue weighted by atomic mass is 79.9. The molecule has 0 aliphatic heterocycles. The first-order valence-electron chi connectivity index (χ1n) is 7.49. The van der Waals surface area contributed by atoms with Crippen LogP contribution < -0.4 is 4.74 Å². The molecule has 0 aromatic heterocycles. The number of carbonyl (C=O) groups excluding carboxylic acids is 1. The number of benzene rings is 1. The van der Waals surface area contributed by atoms with Crippen LogP contribution in [0.4, 0.5) is 0 Å². The standard InChI is InChI=1S/C17H25BrO3/c1-12(2)7-9-20-16-6-5-14(11-15(16)18)17(19)21-10-8-13(3)4/h5-6,11-13H,7-10H2,1-4H3. The van der Waals surface area contributed by atoms with Gasteiger partial charge in [0.15, 0.2) is 0 Å². The highest BCUT2D eigenvalue weighted by Crippen LogP contribution is 2.26. The Morgan fingerprint density at radius 2 is 1.71 bits per heavy atom. The molecule has 1 aromatic rings. The van der Waals surface area contributed by atoms with E-state index in [1.807, 2.05) is 6.07 Å². The summed E-state index contributed by atoms with van der Waals surface area (Å²) < 4.78 is 11.7. The Morgan fingerprint density at radius 1 is 1.10 bits per heavy atom. The molecule has 3 nitrogen and oxygen atoms in total. The van der Waals surface area contributed by atoms with Crippen LogP contribution in [0, 0.1) is 11.8 Å². The number of halogens is 1. The zero-order chi connectivity index (χ0) is 15.8. The van der Waals surface area contributed by atoms with E-state index < -0.39 is 0 Å². The molecule has 0 aliphatic carbocycles. The van der Waals surface area contributed by atoms with Crippen LogP contribution in [0.15, 0.2) is 22.7 Å². The zero-order valence-corrected chi connectivity index (χ0v) is 14.9. The smallest absolute Gasteiger partial charge is 0.338 e. The molecule has 0 radical (unpaired) electrons. The van der Waals surface area contributed by atoms with Crippen molar-refractivity contribution in [2.75, 3.05) is 13.2 Å². The van der Waals surface area contributed by atoms with E-state index >= 15 is 0 Å². The van der Waals surface area contributed by atoms with Crippen molar-refractivity contribution in [1.82, 2.24) is 0 Å². The summed E-state index contributed by atoms with van der Waals surface area (Å²) in [5, 5.41) is 0.